The Balaban J connectivity index is 2.64. The van der Waals surface area contributed by atoms with Crippen molar-refractivity contribution in [2.45, 2.75) is 18.9 Å². The van der Waals surface area contributed by atoms with Gasteiger partial charge in [-0.15, -0.1) is 0 Å². The molecule has 0 amide bonds. The van der Waals surface area contributed by atoms with E-state index in [-0.39, 0.29) is 6.04 Å². The first-order chi connectivity index (χ1) is 5.08. The fourth-order valence-corrected chi connectivity index (χ4v) is 1.88. The van der Waals surface area contributed by atoms with Crippen LogP contribution in [-0.4, -0.2) is 31.6 Å². The number of nitrogens with zero attached hydrogens (tertiary/aromatic N) is 2. The second-order valence-corrected chi connectivity index (χ2v) is 4.69. The van der Waals surface area contributed by atoms with Gasteiger partial charge in [0.1, 0.15) is 0 Å². The van der Waals surface area contributed by atoms with Gasteiger partial charge in [0.25, 0.3) is 0 Å². The second-order valence-electron chi connectivity index (χ2n) is 2.66. The molecule has 1 aliphatic carbocycles. The molecule has 1 aliphatic rings. The van der Waals surface area contributed by atoms with E-state index in [4.69, 9.17) is 5.26 Å². The van der Waals surface area contributed by atoms with Gasteiger partial charge in [-0.05, 0) is 12.8 Å². The number of hydrogen-bond acceptors (Lipinski definition) is 3. The van der Waals surface area contributed by atoms with E-state index >= 15 is 0 Å². The van der Waals surface area contributed by atoms with E-state index in [0.29, 0.717) is 0 Å². The Bertz CT molecular complexity index is 273. The molecule has 0 heterocycles. The quantitative estimate of drug-likeness (QED) is 0.602. The minimum absolute atomic E-state index is 0.161. The van der Waals surface area contributed by atoms with E-state index in [9.17, 15) is 8.42 Å². The van der Waals surface area contributed by atoms with E-state index in [1.165, 1.54) is 11.4 Å². The third-order valence-corrected chi connectivity index (χ3v) is 3.42. The van der Waals surface area contributed by atoms with E-state index in [0.717, 1.165) is 12.8 Å². The van der Waals surface area contributed by atoms with Crippen LogP contribution in [-0.2, 0) is 10.0 Å². The van der Waals surface area contributed by atoms with Gasteiger partial charge in [0, 0.05) is 13.1 Å². The number of rotatable bonds is 3. The van der Waals surface area contributed by atoms with Crippen LogP contribution in [0.4, 0.5) is 0 Å². The summed E-state index contributed by atoms with van der Waals surface area (Å²) < 4.78 is 23.5. The third kappa shape index (κ3) is 1.91. The summed E-state index contributed by atoms with van der Waals surface area (Å²) in [7, 11) is -1.74. The Labute approximate surface area is 66.5 Å². The third-order valence-electron chi connectivity index (χ3n) is 1.75. The highest BCUT2D eigenvalue weighted by molar-refractivity contribution is 7.89. The number of nitriles is 1. The molecule has 0 aliphatic heterocycles. The average molecular weight is 174 g/mol. The van der Waals surface area contributed by atoms with Gasteiger partial charge in [0.2, 0.25) is 10.0 Å². The molecule has 1 fully saturated rings. The minimum atomic E-state index is -3.27. The summed E-state index contributed by atoms with van der Waals surface area (Å²) in [4.78, 5) is 0. The van der Waals surface area contributed by atoms with Gasteiger partial charge in [-0.3, -0.25) is 0 Å². The fourth-order valence-electron chi connectivity index (χ4n) is 0.849. The van der Waals surface area contributed by atoms with Crippen LogP contribution in [0.5, 0.6) is 0 Å². The molecule has 0 saturated heterocycles. The summed E-state index contributed by atoms with van der Waals surface area (Å²) in [6.07, 6.45) is 1.86. The predicted molar refractivity (Wildman–Crippen MR) is 40.2 cm³/mol. The summed E-state index contributed by atoms with van der Waals surface area (Å²) in [6, 6.07) is 1.80. The molecule has 0 spiro atoms. The first-order valence-corrected chi connectivity index (χ1v) is 5.01. The molecular formula is C6H10N2O2S. The molecule has 1 rings (SSSR count). The molecule has 0 aromatic carbocycles. The molecule has 1 saturated carbocycles. The van der Waals surface area contributed by atoms with Crippen LogP contribution in [0.3, 0.4) is 0 Å². The van der Waals surface area contributed by atoms with Crippen LogP contribution in [0.1, 0.15) is 12.8 Å². The van der Waals surface area contributed by atoms with Crippen LogP contribution in [0.15, 0.2) is 0 Å². The maximum absolute atomic E-state index is 11.1. The van der Waals surface area contributed by atoms with Crippen molar-refractivity contribution in [2.75, 3.05) is 12.8 Å². The van der Waals surface area contributed by atoms with Crippen molar-refractivity contribution in [1.29, 1.82) is 5.26 Å². The van der Waals surface area contributed by atoms with Crippen LogP contribution in [0, 0.1) is 11.3 Å². The monoisotopic (exact) mass is 174 g/mol. The Morgan fingerprint density at radius 2 is 2.18 bits per heavy atom. The lowest BCUT2D eigenvalue weighted by molar-refractivity contribution is 0.467. The van der Waals surface area contributed by atoms with Gasteiger partial charge >= 0.3 is 0 Å². The van der Waals surface area contributed by atoms with Crippen molar-refractivity contribution < 1.29 is 8.42 Å². The van der Waals surface area contributed by atoms with Gasteiger partial charge in [-0.2, -0.15) is 5.26 Å². The second kappa shape index (κ2) is 2.80. The largest absolute Gasteiger partial charge is 0.227 e. The highest BCUT2D eigenvalue weighted by Crippen LogP contribution is 2.27. The van der Waals surface area contributed by atoms with Crippen molar-refractivity contribution in [3.8, 4) is 6.07 Å². The molecule has 11 heavy (non-hydrogen) atoms. The van der Waals surface area contributed by atoms with Crippen LogP contribution < -0.4 is 0 Å². The van der Waals surface area contributed by atoms with Crippen LogP contribution in [0.2, 0.25) is 0 Å². The lowest BCUT2D eigenvalue weighted by Crippen LogP contribution is -2.30. The molecule has 0 N–H and O–H groups in total. The topological polar surface area (TPSA) is 61.2 Å². The summed E-state index contributed by atoms with van der Waals surface area (Å²) in [5.74, 6) is -0.403. The van der Waals surface area contributed by atoms with Crippen LogP contribution in [0.25, 0.3) is 0 Å². The van der Waals surface area contributed by atoms with Gasteiger partial charge in [0.05, 0.1) is 6.07 Å². The highest BCUT2D eigenvalue weighted by Gasteiger charge is 2.33. The van der Waals surface area contributed by atoms with Crippen molar-refractivity contribution in [3.63, 3.8) is 0 Å². The molecule has 0 radical (unpaired) electrons. The molecule has 0 unspecified atom stereocenters. The van der Waals surface area contributed by atoms with Crippen molar-refractivity contribution in [3.05, 3.63) is 0 Å². The first kappa shape index (κ1) is 8.50. The molecule has 5 heteroatoms. The molecule has 0 bridgehead atoms. The zero-order valence-electron chi connectivity index (χ0n) is 6.32. The molecule has 4 nitrogen and oxygen atoms in total. The standard InChI is InChI=1S/C6H10N2O2S/c1-8(6-2-3-6)11(9,10)5-4-7/h6H,2-3,5H2,1H3. The zero-order chi connectivity index (χ0) is 8.48. The number of hydrogen-bond donors (Lipinski definition) is 0. The van der Waals surface area contributed by atoms with E-state index in [1.54, 1.807) is 6.07 Å². The Hall–Kier alpha value is -0.600. The SMILES string of the molecule is CN(C1CC1)S(=O)(=O)CC#N. The summed E-state index contributed by atoms with van der Waals surface area (Å²) in [5.41, 5.74) is 0. The molecule has 62 valence electrons. The van der Waals surface area contributed by atoms with Crippen molar-refractivity contribution in [1.82, 2.24) is 4.31 Å². The molecule has 0 aromatic rings. The van der Waals surface area contributed by atoms with Crippen LogP contribution >= 0.6 is 0 Å². The predicted octanol–water partition coefficient (Wildman–Crippen LogP) is -0.0660. The van der Waals surface area contributed by atoms with Gasteiger partial charge in [-0.1, -0.05) is 0 Å². The summed E-state index contributed by atoms with van der Waals surface area (Å²) >= 11 is 0. The first-order valence-electron chi connectivity index (χ1n) is 3.40. The molecule has 0 aromatic heterocycles. The Kier molecular flexibility index (Phi) is 2.16. The van der Waals surface area contributed by atoms with E-state index < -0.39 is 15.8 Å². The van der Waals surface area contributed by atoms with Gasteiger partial charge < -0.3 is 0 Å². The minimum Gasteiger partial charge on any atom is -0.211 e. The number of sulfonamides is 1. The Morgan fingerprint density at radius 1 is 1.64 bits per heavy atom. The summed E-state index contributed by atoms with van der Waals surface area (Å²) in [6.45, 7) is 0. The molecular weight excluding hydrogens is 164 g/mol. The van der Waals surface area contributed by atoms with Crippen molar-refractivity contribution >= 4 is 10.0 Å². The maximum Gasteiger partial charge on any atom is 0.227 e. The normalized spacial score (nSPS) is 18.3. The smallest absolute Gasteiger partial charge is 0.211 e. The lowest BCUT2D eigenvalue weighted by atomic mass is 10.7. The fraction of sp³-hybridized carbons (Fsp3) is 0.833. The lowest BCUT2D eigenvalue weighted by Gasteiger charge is -2.12. The van der Waals surface area contributed by atoms with E-state index in [1.807, 2.05) is 0 Å². The highest BCUT2D eigenvalue weighted by atomic mass is 32.2. The van der Waals surface area contributed by atoms with Gasteiger partial charge in [0.15, 0.2) is 5.75 Å². The maximum atomic E-state index is 11.1. The average Bonchev–Trinajstić information content (AvgIpc) is 2.67. The van der Waals surface area contributed by atoms with Gasteiger partial charge in [-0.25, -0.2) is 12.7 Å². The summed E-state index contributed by atoms with van der Waals surface area (Å²) in [5, 5.41) is 8.20. The Morgan fingerprint density at radius 3 is 2.55 bits per heavy atom. The zero-order valence-corrected chi connectivity index (χ0v) is 7.13. The van der Waals surface area contributed by atoms with E-state index in [2.05, 4.69) is 0 Å². The van der Waals surface area contributed by atoms with Crippen molar-refractivity contribution in [2.24, 2.45) is 0 Å². The molecule has 0 atom stereocenters.